The summed E-state index contributed by atoms with van der Waals surface area (Å²) in [6, 6.07) is 17.4. The van der Waals surface area contributed by atoms with Crippen LogP contribution < -0.4 is 10.3 Å². The molecule has 6 heteroatoms. The molecule has 5 nitrogen and oxygen atoms in total. The third-order valence-corrected chi connectivity index (χ3v) is 5.43. The minimum atomic E-state index is -0.374. The molecule has 0 saturated heterocycles. The zero-order valence-electron chi connectivity index (χ0n) is 17.3. The second kappa shape index (κ2) is 7.69. The number of aromatic nitrogens is 2. The van der Waals surface area contributed by atoms with Gasteiger partial charge in [0.25, 0.3) is 5.56 Å². The maximum Gasteiger partial charge on any atom is 0.282 e. The van der Waals surface area contributed by atoms with Gasteiger partial charge in [0.15, 0.2) is 0 Å². The Bertz CT molecular complexity index is 1350. The van der Waals surface area contributed by atoms with Crippen LogP contribution in [0.5, 0.6) is 5.75 Å². The van der Waals surface area contributed by atoms with Gasteiger partial charge in [0.05, 0.1) is 24.2 Å². The van der Waals surface area contributed by atoms with Crippen LogP contribution in [0.3, 0.4) is 0 Å². The largest absolute Gasteiger partial charge is 0.496 e. The lowest BCUT2D eigenvalue weighted by Gasteiger charge is -2.21. The lowest BCUT2D eigenvalue weighted by molar-refractivity contribution is 0.415. The van der Waals surface area contributed by atoms with Crippen molar-refractivity contribution in [2.75, 3.05) is 7.11 Å². The van der Waals surface area contributed by atoms with Gasteiger partial charge in [0, 0.05) is 15.5 Å². The van der Waals surface area contributed by atoms with Crippen molar-refractivity contribution in [3.8, 4) is 5.75 Å². The molecule has 0 radical (unpaired) electrons. The van der Waals surface area contributed by atoms with Gasteiger partial charge in [-0.05, 0) is 35.0 Å². The molecule has 0 bridgehead atoms. The number of halogens is 1. The van der Waals surface area contributed by atoms with Gasteiger partial charge in [-0.1, -0.05) is 67.0 Å². The highest BCUT2D eigenvalue weighted by Gasteiger charge is 2.23. The van der Waals surface area contributed by atoms with E-state index in [2.05, 4.69) is 21.0 Å². The lowest BCUT2D eigenvalue weighted by atomic mass is 9.95. The van der Waals surface area contributed by atoms with E-state index in [4.69, 9.17) is 9.72 Å². The van der Waals surface area contributed by atoms with E-state index in [1.165, 1.54) is 4.68 Å². The second-order valence-corrected chi connectivity index (χ2v) is 9.03. The smallest absolute Gasteiger partial charge is 0.282 e. The number of rotatable bonds is 3. The highest BCUT2D eigenvalue weighted by molar-refractivity contribution is 9.10. The molecular formula is C24H22BrN3O2. The monoisotopic (exact) mass is 463 g/mol. The van der Waals surface area contributed by atoms with Gasteiger partial charge in [0.2, 0.25) is 0 Å². The molecule has 0 spiro atoms. The van der Waals surface area contributed by atoms with Gasteiger partial charge in [-0.25, -0.2) is 4.98 Å². The first-order chi connectivity index (χ1) is 14.3. The minimum absolute atomic E-state index is 0.207. The summed E-state index contributed by atoms with van der Waals surface area (Å²) in [6.07, 6.45) is 1.68. The topological polar surface area (TPSA) is 56.5 Å². The predicted octanol–water partition coefficient (Wildman–Crippen LogP) is 5.50. The van der Waals surface area contributed by atoms with Gasteiger partial charge < -0.3 is 4.74 Å². The number of methoxy groups -OCH3 is 1. The van der Waals surface area contributed by atoms with Crippen LogP contribution >= 0.6 is 15.9 Å². The summed E-state index contributed by atoms with van der Waals surface area (Å²) in [4.78, 5) is 18.1. The summed E-state index contributed by atoms with van der Waals surface area (Å²) in [7, 11) is 1.63. The third-order valence-electron chi connectivity index (χ3n) is 4.93. The van der Waals surface area contributed by atoms with E-state index in [1.54, 1.807) is 19.4 Å². The second-order valence-electron chi connectivity index (χ2n) is 8.11. The first-order valence-electron chi connectivity index (χ1n) is 9.62. The SMILES string of the molecule is COc1ccc2ccccc2c1C=Nn1c(C(C)(C)C)nc2ccc(Br)cc2c1=O. The lowest BCUT2D eigenvalue weighted by Crippen LogP contribution is -2.29. The Morgan fingerprint density at radius 1 is 1.07 bits per heavy atom. The van der Waals surface area contributed by atoms with Crippen LogP contribution in [0.25, 0.3) is 21.7 Å². The van der Waals surface area contributed by atoms with Gasteiger partial charge in [-0.15, -0.1) is 0 Å². The van der Waals surface area contributed by atoms with Crippen LogP contribution in [0.2, 0.25) is 0 Å². The maximum absolute atomic E-state index is 13.3. The summed E-state index contributed by atoms with van der Waals surface area (Å²) in [5.41, 5.74) is 0.890. The van der Waals surface area contributed by atoms with Crippen LogP contribution in [-0.2, 0) is 5.41 Å². The van der Waals surface area contributed by atoms with E-state index in [0.717, 1.165) is 20.8 Å². The quantitative estimate of drug-likeness (QED) is 0.376. The first-order valence-corrected chi connectivity index (χ1v) is 10.4. The number of hydrogen-bond acceptors (Lipinski definition) is 4. The molecule has 152 valence electrons. The van der Waals surface area contributed by atoms with Crippen molar-refractivity contribution in [3.05, 3.63) is 80.8 Å². The Balaban J connectivity index is 1.99. The fraction of sp³-hybridized carbons (Fsp3) is 0.208. The van der Waals surface area contributed by atoms with E-state index in [1.807, 2.05) is 69.3 Å². The number of benzene rings is 3. The molecule has 3 aromatic carbocycles. The molecule has 0 amide bonds. The summed E-state index contributed by atoms with van der Waals surface area (Å²) in [5, 5.41) is 7.19. The fourth-order valence-corrected chi connectivity index (χ4v) is 3.80. The Labute approximate surface area is 183 Å². The highest BCUT2D eigenvalue weighted by Crippen LogP contribution is 2.27. The van der Waals surface area contributed by atoms with Crippen molar-refractivity contribution in [3.63, 3.8) is 0 Å². The van der Waals surface area contributed by atoms with Crippen molar-refractivity contribution in [2.45, 2.75) is 26.2 Å². The van der Waals surface area contributed by atoms with Crippen molar-refractivity contribution in [1.82, 2.24) is 9.66 Å². The van der Waals surface area contributed by atoms with Crippen molar-refractivity contribution >= 4 is 43.8 Å². The van der Waals surface area contributed by atoms with E-state index >= 15 is 0 Å². The molecule has 0 atom stereocenters. The summed E-state index contributed by atoms with van der Waals surface area (Å²) < 4.78 is 7.78. The molecule has 0 aliphatic rings. The van der Waals surface area contributed by atoms with Crippen LogP contribution in [0.15, 0.2) is 69.0 Å². The molecular weight excluding hydrogens is 442 g/mol. The third kappa shape index (κ3) is 3.63. The Hall–Kier alpha value is -2.99. The Morgan fingerprint density at radius 2 is 1.83 bits per heavy atom. The Morgan fingerprint density at radius 3 is 2.57 bits per heavy atom. The number of fused-ring (bicyclic) bond motifs is 2. The van der Waals surface area contributed by atoms with Gasteiger partial charge >= 0.3 is 0 Å². The van der Waals surface area contributed by atoms with Gasteiger partial charge in [0.1, 0.15) is 11.6 Å². The first kappa shape index (κ1) is 20.3. The fourth-order valence-electron chi connectivity index (χ4n) is 3.44. The molecule has 4 rings (SSSR count). The molecule has 0 aliphatic heterocycles. The molecule has 0 aliphatic carbocycles. The summed E-state index contributed by atoms with van der Waals surface area (Å²) in [6.45, 7) is 6.05. The summed E-state index contributed by atoms with van der Waals surface area (Å²) >= 11 is 3.44. The molecule has 30 heavy (non-hydrogen) atoms. The van der Waals surface area contributed by atoms with Crippen molar-refractivity contribution < 1.29 is 4.74 Å². The number of nitrogens with zero attached hydrogens (tertiary/aromatic N) is 3. The van der Waals surface area contributed by atoms with Crippen LogP contribution in [-0.4, -0.2) is 23.0 Å². The molecule has 4 aromatic rings. The summed E-state index contributed by atoms with van der Waals surface area (Å²) in [5.74, 6) is 1.29. The standard InChI is InChI=1S/C24H22BrN3O2/c1-24(2,3)23-27-20-11-10-16(25)13-18(20)22(29)28(23)26-14-19-17-8-6-5-7-15(17)9-12-21(19)30-4/h5-14H,1-4H3. The van der Waals surface area contributed by atoms with Gasteiger partial charge in [-0.2, -0.15) is 9.78 Å². The van der Waals surface area contributed by atoms with E-state index < -0.39 is 0 Å². The van der Waals surface area contributed by atoms with Gasteiger partial charge in [-0.3, -0.25) is 4.79 Å². The molecule has 0 unspecified atom stereocenters. The van der Waals surface area contributed by atoms with Crippen LogP contribution in [0, 0.1) is 0 Å². The zero-order chi connectivity index (χ0) is 21.5. The van der Waals surface area contributed by atoms with Crippen molar-refractivity contribution in [1.29, 1.82) is 0 Å². The normalized spacial score (nSPS) is 12.2. The predicted molar refractivity (Wildman–Crippen MR) is 126 cm³/mol. The molecule has 1 aromatic heterocycles. The van der Waals surface area contributed by atoms with E-state index in [0.29, 0.717) is 22.5 Å². The molecule has 0 fully saturated rings. The highest BCUT2D eigenvalue weighted by atomic mass is 79.9. The maximum atomic E-state index is 13.3. The Kier molecular flexibility index (Phi) is 5.20. The van der Waals surface area contributed by atoms with Crippen molar-refractivity contribution in [2.24, 2.45) is 5.10 Å². The zero-order valence-corrected chi connectivity index (χ0v) is 18.9. The average molecular weight is 464 g/mol. The van der Waals surface area contributed by atoms with E-state index in [-0.39, 0.29) is 11.0 Å². The van der Waals surface area contributed by atoms with Crippen LogP contribution in [0.4, 0.5) is 0 Å². The molecule has 0 N–H and O–H groups in total. The van der Waals surface area contributed by atoms with E-state index in [9.17, 15) is 4.79 Å². The molecule has 1 heterocycles. The number of ether oxygens (including phenoxy) is 1. The molecule has 0 saturated carbocycles. The van der Waals surface area contributed by atoms with Crippen LogP contribution in [0.1, 0.15) is 32.2 Å². The minimum Gasteiger partial charge on any atom is -0.496 e. The number of hydrogen-bond donors (Lipinski definition) is 0. The average Bonchev–Trinajstić information content (AvgIpc) is 2.72.